The largest absolute Gasteiger partial charge is 0.520 e. The van der Waals surface area contributed by atoms with E-state index >= 15 is 0 Å². The number of hydrogen-bond acceptors (Lipinski definition) is 11. The van der Waals surface area contributed by atoms with Crippen LogP contribution in [-0.2, 0) is 43.1 Å². The number of hydrogen-bond donors (Lipinski definition) is 7. The van der Waals surface area contributed by atoms with Crippen LogP contribution in [0.5, 0.6) is 0 Å². The summed E-state index contributed by atoms with van der Waals surface area (Å²) in [7, 11) is 3.76. The average Bonchev–Trinajstić information content (AvgIpc) is 3.28. The summed E-state index contributed by atoms with van der Waals surface area (Å²) < 4.78 is 4.90. The van der Waals surface area contributed by atoms with Crippen molar-refractivity contribution in [2.24, 2.45) is 17.8 Å². The van der Waals surface area contributed by atoms with Crippen LogP contribution in [0.15, 0.2) is 0 Å². The predicted molar refractivity (Wildman–Crippen MR) is 292 cm³/mol. The summed E-state index contributed by atoms with van der Waals surface area (Å²) in [6, 6.07) is 0.444. The van der Waals surface area contributed by atoms with E-state index in [1.165, 1.54) is 51.4 Å². The molecule has 428 valence electrons. The van der Waals surface area contributed by atoms with E-state index in [9.17, 15) is 38.4 Å². The first kappa shape index (κ1) is 88.1. The third-order valence-corrected chi connectivity index (χ3v) is 8.11. The van der Waals surface area contributed by atoms with Crippen LogP contribution < -0.4 is 37.2 Å². The number of nitrogens with one attached hydrogen (secondary N) is 7. The fourth-order valence-electron chi connectivity index (χ4n) is 4.43. The van der Waals surface area contributed by atoms with E-state index in [1.54, 1.807) is 34.7 Å². The quantitative estimate of drug-likeness (QED) is 0.0135. The molecule has 0 rings (SSSR count). The van der Waals surface area contributed by atoms with Crippen molar-refractivity contribution in [1.82, 2.24) is 37.2 Å². The number of carbonyl (C=O) groups excluding carboxylic acids is 8. The van der Waals surface area contributed by atoms with E-state index in [-0.39, 0.29) is 42.3 Å². The molecule has 7 N–H and O–H groups in total. The number of unbranched alkanes of at least 4 members (excludes halogenated alkanes) is 5. The molecule has 17 heteroatoms. The Kier molecular flexibility index (Phi) is 80.6. The maximum atomic E-state index is 11.8. The molecule has 5 amide bonds. The summed E-state index contributed by atoms with van der Waals surface area (Å²) in [6.07, 6.45) is 15.6. The van der Waals surface area contributed by atoms with Crippen LogP contribution in [-0.4, -0.2) is 112 Å². The summed E-state index contributed by atoms with van der Waals surface area (Å²) in [5.41, 5.74) is -1.99. The monoisotopic (exact) mass is 1250 g/mol. The molecular formula is C53H114FmN7O9-. The molecule has 0 aromatic carbocycles. The van der Waals surface area contributed by atoms with Crippen molar-refractivity contribution in [2.45, 2.75) is 245 Å². The maximum absolute atomic E-state index is 11.8. The Labute approximate surface area is 425 Å². The van der Waals surface area contributed by atoms with Gasteiger partial charge in [0.1, 0.15) is 12.6 Å². The molecule has 0 aromatic rings. The first-order valence-electron chi connectivity index (χ1n) is 25.7. The van der Waals surface area contributed by atoms with Crippen molar-refractivity contribution in [2.75, 3.05) is 33.8 Å². The van der Waals surface area contributed by atoms with Gasteiger partial charge in [-0.15, -0.1) is 0 Å². The van der Waals surface area contributed by atoms with E-state index in [0.717, 1.165) is 25.0 Å². The van der Waals surface area contributed by atoms with Crippen LogP contribution in [0.3, 0.4) is 0 Å². The molecule has 0 fully saturated rings. The smallest absolute Gasteiger partial charge is 0.307 e. The SMILES string of the molecule is CC.CC.CC.CC(C)(C)NC(=O)C(C)(C)N[C-]=O.CC(C)CCOC(=O)CCNC=O.CCCCCCCC.CNC(C)CC(C)C.CNC(CC(C)C)C(=O)NC(C)(C)C=O.O=CCNC=O.[Fm]. The fraction of sp³-hybridized carbons (Fsp3) is 0.849. The van der Waals surface area contributed by atoms with Crippen molar-refractivity contribution in [3.63, 3.8) is 0 Å². The molecule has 2 atom stereocenters. The number of carbonyl (C=O) groups is 7. The third-order valence-electron chi connectivity index (χ3n) is 8.11. The van der Waals surface area contributed by atoms with Crippen LogP contribution in [0.1, 0.15) is 217 Å². The van der Waals surface area contributed by atoms with Gasteiger partial charge in [0, 0.05) is 18.1 Å². The van der Waals surface area contributed by atoms with Gasteiger partial charge in [-0.25, -0.2) is 0 Å². The molecular weight excluding hydrogens is 1140 g/mol. The van der Waals surface area contributed by atoms with Gasteiger partial charge in [-0.05, 0) is 107 Å². The van der Waals surface area contributed by atoms with Crippen LogP contribution in [0, 0.1) is 17.8 Å². The first-order chi connectivity index (χ1) is 32.2. The molecule has 0 aliphatic heterocycles. The Morgan fingerprint density at radius 3 is 1.39 bits per heavy atom. The predicted octanol–water partition coefficient (Wildman–Crippen LogP) is 8.78. The number of ether oxygens (including phenoxy) is 1. The molecule has 70 heavy (non-hydrogen) atoms. The van der Waals surface area contributed by atoms with E-state index in [1.807, 2.05) is 69.4 Å². The number of rotatable bonds is 27. The van der Waals surface area contributed by atoms with Gasteiger partial charge in [0.25, 0.3) is 0 Å². The molecule has 0 heterocycles. The molecule has 16 nitrogen and oxygen atoms in total. The second kappa shape index (κ2) is 64.1. The normalized spacial score (nSPS) is 10.6. The number of esters is 1. The molecule has 0 aliphatic rings. The fourth-order valence-corrected chi connectivity index (χ4v) is 4.43. The molecule has 0 aromatic heterocycles. The minimum atomic E-state index is -0.908. The van der Waals surface area contributed by atoms with Gasteiger partial charge in [-0.2, -0.15) is 6.41 Å². The van der Waals surface area contributed by atoms with Gasteiger partial charge in [0.2, 0.25) is 24.6 Å². The van der Waals surface area contributed by atoms with Crippen molar-refractivity contribution in [1.29, 1.82) is 0 Å². The molecule has 0 saturated heterocycles. The molecule has 0 aliphatic carbocycles. The van der Waals surface area contributed by atoms with Gasteiger partial charge < -0.3 is 56.3 Å². The number of likely N-dealkylation sites (N-methyl/N-ethyl adjacent to an activating group) is 1. The summed E-state index contributed by atoms with van der Waals surface area (Å²) in [5, 5.41) is 18.5. The molecule has 0 bridgehead atoms. The average molecular weight is 1250 g/mol. The second-order valence-corrected chi connectivity index (χ2v) is 18.5. The molecule has 0 saturated carbocycles. The first-order valence-corrected chi connectivity index (χ1v) is 25.7. The molecule has 0 radical (unpaired) electrons. The minimum absolute atomic E-state index is 0. The number of amides is 5. The standard InChI is InChI=1S/C11H22N2O2.C9H17N2O2.C9H17NO3.C8H18.C7H17N.C3H5NO2.3C2H6.Fm/c1-8(2)6-9(12-5)10(15)13-11(3,4)7-14;1-8(2,3)11-7(13)9(4,5)10-6-12;1-8(2)4-6-13-9(12)3-5-10-7-11;1-3-5-7-8-6-4-2;1-6(2)5-7(3)8-4;5-2-1-4-3-6;3*1-2;/h7-9,12H,6H2,1-5H3,(H,13,15);1-5H3,(H,10,12)(H,11,13);7-8H,3-6H2,1-2H3,(H,10,11);3-8H2,1-2H3;6-8H,5H2,1-4H3;2-3H,1H2,(H,4,6);3*1-2H3;/q;-1;;;;;;;;. The van der Waals surface area contributed by atoms with E-state index in [2.05, 4.69) is 99.5 Å². The van der Waals surface area contributed by atoms with Crippen LogP contribution >= 0.6 is 0 Å². The Morgan fingerprint density at radius 1 is 0.643 bits per heavy atom. The van der Waals surface area contributed by atoms with E-state index < -0.39 is 11.1 Å². The summed E-state index contributed by atoms with van der Waals surface area (Å²) in [5.74, 6) is 1.20. The van der Waals surface area contributed by atoms with E-state index in [0.29, 0.717) is 50.1 Å². The van der Waals surface area contributed by atoms with Crippen LogP contribution in [0.4, 0.5) is 0 Å². The minimum Gasteiger partial charge on any atom is -0.520 e. The van der Waals surface area contributed by atoms with Gasteiger partial charge in [-0.1, -0.05) is 135 Å². The van der Waals surface area contributed by atoms with Gasteiger partial charge in [0.05, 0.1) is 36.7 Å². The van der Waals surface area contributed by atoms with Gasteiger partial charge in [0.15, 0.2) is 0 Å². The van der Waals surface area contributed by atoms with Crippen molar-refractivity contribution >= 4 is 49.6 Å². The second-order valence-electron chi connectivity index (χ2n) is 18.5. The summed E-state index contributed by atoms with van der Waals surface area (Å²) >= 11 is 0. The number of aldehydes is 2. The summed E-state index contributed by atoms with van der Waals surface area (Å²) in [4.78, 5) is 83.4. The zero-order valence-electron chi connectivity index (χ0n) is 49.4. The Hall–Kier alpha value is -4.92. The van der Waals surface area contributed by atoms with Crippen molar-refractivity contribution < 1.29 is 43.1 Å². The Balaban J connectivity index is -0.0000000768. The maximum Gasteiger partial charge on any atom is 0.307 e. The van der Waals surface area contributed by atoms with Crippen molar-refractivity contribution in [3.05, 3.63) is 0 Å². The van der Waals surface area contributed by atoms with Gasteiger partial charge in [-0.3, -0.25) is 24.0 Å². The molecule has 0 spiro atoms. The molecule has 2 unspecified atom stereocenters. The zero-order valence-corrected chi connectivity index (χ0v) is 51.8. The summed E-state index contributed by atoms with van der Waals surface area (Å²) in [6.45, 7) is 44.7. The Morgan fingerprint density at radius 2 is 1.10 bits per heavy atom. The van der Waals surface area contributed by atoms with Gasteiger partial charge >= 0.3 is 5.97 Å². The van der Waals surface area contributed by atoms with Crippen LogP contribution in [0.25, 0.3) is 0 Å². The Bertz CT molecular complexity index is 1140. The van der Waals surface area contributed by atoms with Crippen molar-refractivity contribution in [3.8, 4) is 0 Å². The third kappa shape index (κ3) is 86.3. The topological polar surface area (TPSA) is 230 Å². The zero-order chi connectivity index (χ0) is 56.5. The van der Waals surface area contributed by atoms with Crippen LogP contribution in [0.2, 0.25) is 0 Å². The van der Waals surface area contributed by atoms with E-state index in [4.69, 9.17) is 4.74 Å².